The van der Waals surface area contributed by atoms with Gasteiger partial charge in [0, 0.05) is 13.2 Å². The third-order valence-electron chi connectivity index (χ3n) is 5.19. The summed E-state index contributed by atoms with van der Waals surface area (Å²) in [4.78, 5) is 0. The number of aliphatic hydroxyl groups excluding tert-OH is 2. The Morgan fingerprint density at radius 1 is 0.633 bits per heavy atom. The van der Waals surface area contributed by atoms with E-state index < -0.39 is 23.5 Å². The fourth-order valence-electron chi connectivity index (χ4n) is 3.50. The molecule has 0 saturated carbocycles. The van der Waals surface area contributed by atoms with Crippen molar-refractivity contribution in [3.8, 4) is 0 Å². The molecule has 2 rings (SSSR count). The zero-order valence-electron chi connectivity index (χ0n) is 16.2. The third kappa shape index (κ3) is 7.02. The smallest absolute Gasteiger partial charge is 0.396 e. The van der Waals surface area contributed by atoms with Crippen molar-refractivity contribution in [3.05, 3.63) is 70.8 Å². The number of alkyl halides is 6. The molecule has 0 heterocycles. The molecule has 0 fully saturated rings. The molecule has 0 aliphatic heterocycles. The van der Waals surface area contributed by atoms with Crippen molar-refractivity contribution in [1.29, 1.82) is 0 Å². The molecule has 0 aliphatic carbocycles. The summed E-state index contributed by atoms with van der Waals surface area (Å²) in [6, 6.07) is 9.50. The van der Waals surface area contributed by atoms with Gasteiger partial charge in [0.25, 0.3) is 0 Å². The fourth-order valence-corrected chi connectivity index (χ4v) is 3.50. The van der Waals surface area contributed by atoms with E-state index in [-0.39, 0.29) is 25.0 Å². The maximum atomic E-state index is 12.7. The van der Waals surface area contributed by atoms with Gasteiger partial charge in [0.1, 0.15) is 0 Å². The van der Waals surface area contributed by atoms with Gasteiger partial charge >= 0.3 is 12.4 Å². The van der Waals surface area contributed by atoms with Crippen molar-refractivity contribution in [1.82, 2.24) is 0 Å². The molecule has 2 aromatic rings. The molecule has 0 aromatic heterocycles. The van der Waals surface area contributed by atoms with Gasteiger partial charge in [-0.1, -0.05) is 24.3 Å². The number of halogens is 6. The second-order valence-corrected chi connectivity index (χ2v) is 7.37. The van der Waals surface area contributed by atoms with Gasteiger partial charge in [-0.3, -0.25) is 0 Å². The molecule has 0 bridgehead atoms. The predicted octanol–water partition coefficient (Wildman–Crippen LogP) is 5.51. The molecule has 0 saturated heterocycles. The van der Waals surface area contributed by atoms with Crippen LogP contribution in [0, 0.1) is 11.8 Å². The molecule has 8 heteroatoms. The van der Waals surface area contributed by atoms with Crippen LogP contribution in [-0.2, 0) is 25.2 Å². The molecule has 2 N–H and O–H groups in total. The summed E-state index contributed by atoms with van der Waals surface area (Å²) in [5.41, 5.74) is -0.213. The molecule has 0 radical (unpaired) electrons. The fraction of sp³-hybridized carbons (Fsp3) is 0.455. The summed E-state index contributed by atoms with van der Waals surface area (Å²) in [6.45, 7) is -0.292. The topological polar surface area (TPSA) is 40.5 Å². The van der Waals surface area contributed by atoms with Crippen LogP contribution in [0.2, 0.25) is 0 Å². The van der Waals surface area contributed by atoms with Gasteiger partial charge in [0.2, 0.25) is 0 Å². The molecule has 0 spiro atoms. The summed E-state index contributed by atoms with van der Waals surface area (Å²) in [7, 11) is 0. The highest BCUT2D eigenvalue weighted by Crippen LogP contribution is 2.32. The summed E-state index contributed by atoms with van der Waals surface area (Å²) >= 11 is 0. The maximum absolute atomic E-state index is 12.7. The Kier molecular flexibility index (Phi) is 8.32. The van der Waals surface area contributed by atoms with E-state index in [1.807, 2.05) is 0 Å². The zero-order chi connectivity index (χ0) is 22.4. The number of hydrogen-bond donors (Lipinski definition) is 2. The molecule has 2 atom stereocenters. The average Bonchev–Trinajstić information content (AvgIpc) is 2.69. The summed E-state index contributed by atoms with van der Waals surface area (Å²) in [5, 5.41) is 19.0. The monoisotopic (exact) mass is 434 g/mol. The highest BCUT2D eigenvalue weighted by molar-refractivity contribution is 5.26. The van der Waals surface area contributed by atoms with Gasteiger partial charge in [-0.2, -0.15) is 26.3 Å². The molecule has 0 aliphatic rings. The Balaban J connectivity index is 2.14. The van der Waals surface area contributed by atoms with E-state index in [0.29, 0.717) is 36.8 Å². The second kappa shape index (κ2) is 10.3. The van der Waals surface area contributed by atoms with Crippen LogP contribution in [0.25, 0.3) is 0 Å². The summed E-state index contributed by atoms with van der Waals surface area (Å²) < 4.78 is 76.4. The van der Waals surface area contributed by atoms with Crippen LogP contribution in [0.5, 0.6) is 0 Å². The summed E-state index contributed by atoms with van der Waals surface area (Å²) in [6.07, 6.45) is -7.15. The van der Waals surface area contributed by atoms with E-state index in [9.17, 15) is 31.4 Å². The number of rotatable bonds is 9. The van der Waals surface area contributed by atoms with Crippen molar-refractivity contribution < 1.29 is 36.6 Å². The lowest BCUT2D eigenvalue weighted by molar-refractivity contribution is -0.138. The molecule has 166 valence electrons. The molecule has 30 heavy (non-hydrogen) atoms. The lowest BCUT2D eigenvalue weighted by Gasteiger charge is -2.26. The van der Waals surface area contributed by atoms with Crippen LogP contribution in [0.1, 0.15) is 35.1 Å². The van der Waals surface area contributed by atoms with Crippen molar-refractivity contribution in [3.63, 3.8) is 0 Å². The zero-order valence-corrected chi connectivity index (χ0v) is 16.2. The first kappa shape index (κ1) is 24.2. The standard InChI is InChI=1S/C22H24F6O2/c23-21(24,25)19-7-3-15(4-8-19)12-17(2-1-11-29)18(14-30)13-16-5-9-20(10-6-16)22(26,27)28/h3-10,17-18,29-30H,1-2,11-14H2/t17-,18+/m0/s1. The van der Waals surface area contributed by atoms with Gasteiger partial charge in [0.15, 0.2) is 0 Å². The normalized spacial score (nSPS) is 14.5. The molecule has 2 aromatic carbocycles. The van der Waals surface area contributed by atoms with E-state index in [1.165, 1.54) is 24.3 Å². The van der Waals surface area contributed by atoms with Gasteiger partial charge in [-0.15, -0.1) is 0 Å². The van der Waals surface area contributed by atoms with Gasteiger partial charge < -0.3 is 10.2 Å². The van der Waals surface area contributed by atoms with E-state index in [1.54, 1.807) is 0 Å². The Labute approximate surface area is 171 Å². The number of aliphatic hydroxyl groups is 2. The van der Waals surface area contributed by atoms with Crippen LogP contribution >= 0.6 is 0 Å². The molecular formula is C22H24F6O2. The third-order valence-corrected chi connectivity index (χ3v) is 5.19. The lowest BCUT2D eigenvalue weighted by atomic mass is 9.80. The van der Waals surface area contributed by atoms with Crippen molar-refractivity contribution in [2.75, 3.05) is 13.2 Å². The first-order valence-corrected chi connectivity index (χ1v) is 9.58. The Bertz CT molecular complexity index is 766. The molecular weight excluding hydrogens is 410 g/mol. The Hall–Kier alpha value is -2.06. The van der Waals surface area contributed by atoms with Crippen LogP contribution in [0.15, 0.2) is 48.5 Å². The van der Waals surface area contributed by atoms with E-state index in [2.05, 4.69) is 0 Å². The minimum Gasteiger partial charge on any atom is -0.396 e. The van der Waals surface area contributed by atoms with E-state index >= 15 is 0 Å². The van der Waals surface area contributed by atoms with Crippen molar-refractivity contribution in [2.45, 2.75) is 38.0 Å². The highest BCUT2D eigenvalue weighted by Gasteiger charge is 2.31. The molecule has 0 amide bonds. The average molecular weight is 434 g/mol. The van der Waals surface area contributed by atoms with Crippen LogP contribution in [-0.4, -0.2) is 23.4 Å². The SMILES string of the molecule is OCCC[C@@H](Cc1ccc(C(F)(F)F)cc1)[C@@H](CO)Cc1ccc(C(F)(F)F)cc1. The second-order valence-electron chi connectivity index (χ2n) is 7.37. The summed E-state index contributed by atoms with van der Waals surface area (Å²) in [5.74, 6) is -0.461. The lowest BCUT2D eigenvalue weighted by Crippen LogP contribution is -2.24. The van der Waals surface area contributed by atoms with Crippen LogP contribution in [0.3, 0.4) is 0 Å². The van der Waals surface area contributed by atoms with Crippen molar-refractivity contribution in [2.24, 2.45) is 11.8 Å². The minimum absolute atomic E-state index is 0.0675. The first-order valence-electron chi connectivity index (χ1n) is 9.58. The van der Waals surface area contributed by atoms with Crippen LogP contribution in [0.4, 0.5) is 26.3 Å². The van der Waals surface area contributed by atoms with E-state index in [4.69, 9.17) is 5.11 Å². The van der Waals surface area contributed by atoms with Gasteiger partial charge in [-0.25, -0.2) is 0 Å². The minimum atomic E-state index is -4.43. The molecule has 0 unspecified atom stereocenters. The van der Waals surface area contributed by atoms with Crippen LogP contribution < -0.4 is 0 Å². The quantitative estimate of drug-likeness (QED) is 0.511. The number of hydrogen-bond acceptors (Lipinski definition) is 2. The van der Waals surface area contributed by atoms with Gasteiger partial charge in [0.05, 0.1) is 11.1 Å². The largest absolute Gasteiger partial charge is 0.416 e. The predicted molar refractivity (Wildman–Crippen MR) is 101 cm³/mol. The van der Waals surface area contributed by atoms with Gasteiger partial charge in [-0.05, 0) is 72.9 Å². The maximum Gasteiger partial charge on any atom is 0.416 e. The van der Waals surface area contributed by atoms with Crippen molar-refractivity contribution >= 4 is 0 Å². The van der Waals surface area contributed by atoms with E-state index in [0.717, 1.165) is 24.3 Å². The Morgan fingerprint density at radius 2 is 1.03 bits per heavy atom. The molecule has 2 nitrogen and oxygen atoms in total. The number of benzene rings is 2. The first-order chi connectivity index (χ1) is 14.0. The highest BCUT2D eigenvalue weighted by atomic mass is 19.4. The Morgan fingerprint density at radius 3 is 1.37 bits per heavy atom.